The fraction of sp³-hybridized carbons (Fsp3) is 0.174. The van der Waals surface area contributed by atoms with Crippen molar-refractivity contribution in [2.45, 2.75) is 24.7 Å². The lowest BCUT2D eigenvalue weighted by Crippen LogP contribution is -2.50. The van der Waals surface area contributed by atoms with Crippen LogP contribution in [0.15, 0.2) is 65.1 Å². The Bertz CT molecular complexity index is 1280. The molecule has 8 heteroatoms. The van der Waals surface area contributed by atoms with Crippen LogP contribution in [0.4, 0.5) is 15.8 Å². The van der Waals surface area contributed by atoms with E-state index in [0.29, 0.717) is 40.5 Å². The molecular formula is C23H16ClFN4O2. The summed E-state index contributed by atoms with van der Waals surface area (Å²) < 4.78 is 13.5. The number of nitrogens with one attached hydrogen (secondary N) is 1. The van der Waals surface area contributed by atoms with E-state index in [1.165, 1.54) is 24.3 Å². The third kappa shape index (κ3) is 2.49. The number of ketones is 1. The van der Waals surface area contributed by atoms with Crippen LogP contribution >= 0.6 is 11.6 Å². The number of Topliss-reactive ketones (excluding diaryl/α,β-unsaturated/α-hetero) is 1. The number of nitriles is 1. The number of allylic oxidation sites excluding steroid dienone is 1. The molecular weight excluding hydrogens is 419 g/mol. The zero-order chi connectivity index (χ0) is 21.9. The highest BCUT2D eigenvalue weighted by Gasteiger charge is 2.60. The highest BCUT2D eigenvalue weighted by molar-refractivity contribution is 6.31. The standard InChI is InChI=1S/C23H16ClFN4O2/c24-12-4-9-17-15(10-12)23(22(31)28-17)16(11-26)21(27)29(14-7-5-13(25)6-8-14)18-2-1-3-19(30)20(18)23/h4-10H,1-3,27H2,(H,28,31). The molecule has 0 bridgehead atoms. The molecule has 0 aromatic heterocycles. The smallest absolute Gasteiger partial charge is 0.245 e. The number of carbonyl (C=O) groups excluding carboxylic acids is 2. The van der Waals surface area contributed by atoms with Crippen molar-refractivity contribution in [2.75, 3.05) is 10.2 Å². The molecule has 1 amide bonds. The maximum atomic E-state index is 13.5. The van der Waals surface area contributed by atoms with E-state index in [2.05, 4.69) is 11.4 Å². The summed E-state index contributed by atoms with van der Waals surface area (Å²) in [5, 5.41) is 13.3. The minimum atomic E-state index is -1.66. The first kappa shape index (κ1) is 19.3. The number of anilines is 2. The summed E-state index contributed by atoms with van der Waals surface area (Å²) in [7, 11) is 0. The van der Waals surface area contributed by atoms with E-state index in [0.717, 1.165) is 0 Å². The van der Waals surface area contributed by atoms with E-state index < -0.39 is 17.1 Å². The number of rotatable bonds is 1. The van der Waals surface area contributed by atoms with Crippen molar-refractivity contribution in [1.82, 2.24) is 0 Å². The number of halogens is 2. The first-order chi connectivity index (χ1) is 14.9. The number of carbonyl (C=O) groups is 2. The molecule has 0 saturated carbocycles. The number of benzene rings is 2. The summed E-state index contributed by atoms with van der Waals surface area (Å²) in [6.07, 6.45) is 1.30. The molecule has 3 N–H and O–H groups in total. The molecule has 6 nitrogen and oxygen atoms in total. The maximum Gasteiger partial charge on any atom is 0.245 e. The zero-order valence-electron chi connectivity index (χ0n) is 16.2. The van der Waals surface area contributed by atoms with Gasteiger partial charge in [0.15, 0.2) is 5.78 Å². The zero-order valence-corrected chi connectivity index (χ0v) is 17.0. The van der Waals surface area contributed by atoms with Crippen molar-refractivity contribution in [2.24, 2.45) is 5.73 Å². The molecule has 2 aromatic rings. The number of hydrogen-bond acceptors (Lipinski definition) is 5. The molecule has 2 aliphatic heterocycles. The Hall–Kier alpha value is -3.63. The topological polar surface area (TPSA) is 99.2 Å². The van der Waals surface area contributed by atoms with Crippen LogP contribution in [0.25, 0.3) is 0 Å². The molecule has 0 fully saturated rings. The van der Waals surface area contributed by atoms with Crippen LogP contribution in [-0.2, 0) is 15.0 Å². The highest BCUT2D eigenvalue weighted by atomic mass is 35.5. The van der Waals surface area contributed by atoms with Gasteiger partial charge in [0, 0.05) is 39.7 Å². The second-order valence-electron chi connectivity index (χ2n) is 7.68. The van der Waals surface area contributed by atoms with E-state index in [1.54, 1.807) is 23.1 Å². The molecule has 1 aliphatic carbocycles. The van der Waals surface area contributed by atoms with Crippen molar-refractivity contribution in [3.05, 3.63) is 81.5 Å². The Balaban J connectivity index is 1.88. The average molecular weight is 435 g/mol. The predicted molar refractivity (Wildman–Crippen MR) is 113 cm³/mol. The van der Waals surface area contributed by atoms with Gasteiger partial charge in [-0.25, -0.2) is 4.39 Å². The SMILES string of the molecule is N#CC1=C(N)N(c2ccc(F)cc2)C2=C(C(=O)CCC2)C12C(=O)Nc1ccc(Cl)cc12. The lowest BCUT2D eigenvalue weighted by Gasteiger charge is -2.43. The fourth-order valence-electron chi connectivity index (χ4n) is 4.85. The molecule has 0 saturated heterocycles. The summed E-state index contributed by atoms with van der Waals surface area (Å²) in [6, 6.07) is 12.6. The van der Waals surface area contributed by atoms with Crippen molar-refractivity contribution in [3.63, 3.8) is 0 Å². The molecule has 0 radical (unpaired) electrons. The number of nitrogens with two attached hydrogens (primary N) is 1. The van der Waals surface area contributed by atoms with Gasteiger partial charge < -0.3 is 11.1 Å². The van der Waals surface area contributed by atoms with E-state index in [-0.39, 0.29) is 29.2 Å². The molecule has 2 heterocycles. The van der Waals surface area contributed by atoms with Crippen LogP contribution in [0.5, 0.6) is 0 Å². The lowest BCUT2D eigenvalue weighted by molar-refractivity contribution is -0.122. The van der Waals surface area contributed by atoms with Crippen molar-refractivity contribution in [1.29, 1.82) is 5.26 Å². The highest BCUT2D eigenvalue weighted by Crippen LogP contribution is 2.55. The van der Waals surface area contributed by atoms with E-state index in [9.17, 15) is 19.2 Å². The van der Waals surface area contributed by atoms with Gasteiger partial charge in [-0.1, -0.05) is 11.6 Å². The number of amides is 1. The second kappa shape index (κ2) is 6.69. The van der Waals surface area contributed by atoms with Crippen molar-refractivity contribution in [3.8, 4) is 6.07 Å². The van der Waals surface area contributed by atoms with Crippen LogP contribution in [0.1, 0.15) is 24.8 Å². The van der Waals surface area contributed by atoms with Gasteiger partial charge in [0.05, 0.1) is 5.57 Å². The summed E-state index contributed by atoms with van der Waals surface area (Å²) in [5.41, 5.74) is 6.98. The van der Waals surface area contributed by atoms with Gasteiger partial charge in [-0.15, -0.1) is 0 Å². The minimum Gasteiger partial charge on any atom is -0.384 e. The first-order valence-corrected chi connectivity index (χ1v) is 10.1. The fourth-order valence-corrected chi connectivity index (χ4v) is 5.02. The average Bonchev–Trinajstić information content (AvgIpc) is 3.02. The van der Waals surface area contributed by atoms with E-state index in [4.69, 9.17) is 17.3 Å². The molecule has 154 valence electrons. The van der Waals surface area contributed by atoms with Gasteiger partial charge in [0.25, 0.3) is 0 Å². The van der Waals surface area contributed by atoms with Gasteiger partial charge in [-0.3, -0.25) is 14.5 Å². The summed E-state index contributed by atoms with van der Waals surface area (Å²) in [4.78, 5) is 28.4. The Kier molecular flexibility index (Phi) is 4.17. The summed E-state index contributed by atoms with van der Waals surface area (Å²) >= 11 is 6.24. The van der Waals surface area contributed by atoms with Gasteiger partial charge in [0.2, 0.25) is 5.91 Å². The Morgan fingerprint density at radius 2 is 1.90 bits per heavy atom. The first-order valence-electron chi connectivity index (χ1n) is 9.74. The van der Waals surface area contributed by atoms with Crippen LogP contribution < -0.4 is 16.0 Å². The van der Waals surface area contributed by atoms with Crippen LogP contribution in [0, 0.1) is 17.1 Å². The van der Waals surface area contributed by atoms with E-state index >= 15 is 0 Å². The quantitative estimate of drug-likeness (QED) is 0.709. The van der Waals surface area contributed by atoms with Crippen molar-refractivity contribution < 1.29 is 14.0 Å². The predicted octanol–water partition coefficient (Wildman–Crippen LogP) is 3.89. The van der Waals surface area contributed by atoms with Crippen LogP contribution in [-0.4, -0.2) is 11.7 Å². The molecule has 31 heavy (non-hydrogen) atoms. The molecule has 2 aromatic carbocycles. The van der Waals surface area contributed by atoms with Gasteiger partial charge >= 0.3 is 0 Å². The van der Waals surface area contributed by atoms with E-state index in [1.807, 2.05) is 0 Å². The third-order valence-electron chi connectivity index (χ3n) is 6.07. The normalized spacial score (nSPS) is 22.4. The third-order valence-corrected chi connectivity index (χ3v) is 6.31. The number of nitrogens with zero attached hydrogens (tertiary/aromatic N) is 2. The molecule has 1 spiro atoms. The van der Waals surface area contributed by atoms with Crippen LogP contribution in [0.3, 0.4) is 0 Å². The number of hydrogen-bond donors (Lipinski definition) is 2. The number of fused-ring (bicyclic) bond motifs is 3. The Morgan fingerprint density at radius 3 is 2.61 bits per heavy atom. The largest absolute Gasteiger partial charge is 0.384 e. The molecule has 3 aliphatic rings. The summed E-state index contributed by atoms with van der Waals surface area (Å²) in [6.45, 7) is 0. The van der Waals surface area contributed by atoms with Crippen LogP contribution in [0.2, 0.25) is 5.02 Å². The Morgan fingerprint density at radius 1 is 1.16 bits per heavy atom. The molecule has 1 unspecified atom stereocenters. The van der Waals surface area contributed by atoms with Gasteiger partial charge in [-0.2, -0.15) is 5.26 Å². The maximum absolute atomic E-state index is 13.5. The van der Waals surface area contributed by atoms with Gasteiger partial charge in [-0.05, 0) is 55.3 Å². The second-order valence-corrected chi connectivity index (χ2v) is 8.11. The molecule has 1 atom stereocenters. The Labute approximate surface area is 182 Å². The van der Waals surface area contributed by atoms with Gasteiger partial charge in [0.1, 0.15) is 23.1 Å². The lowest BCUT2D eigenvalue weighted by atomic mass is 9.64. The minimum absolute atomic E-state index is 0.0329. The monoisotopic (exact) mass is 434 g/mol. The summed E-state index contributed by atoms with van der Waals surface area (Å²) in [5.74, 6) is -1.12. The van der Waals surface area contributed by atoms with Crippen molar-refractivity contribution >= 4 is 34.7 Å². The molecule has 5 rings (SSSR count).